The first kappa shape index (κ1) is 20.3. The largest absolute Gasteiger partial charge is 0.348 e. The first-order chi connectivity index (χ1) is 15.0. The zero-order chi connectivity index (χ0) is 21.8. The van der Waals surface area contributed by atoms with Crippen LogP contribution in [0.1, 0.15) is 12.0 Å². The van der Waals surface area contributed by atoms with Gasteiger partial charge in [0.2, 0.25) is 17.8 Å². The van der Waals surface area contributed by atoms with Gasteiger partial charge in [0.05, 0.1) is 12.7 Å². The predicted molar refractivity (Wildman–Crippen MR) is 122 cm³/mol. The van der Waals surface area contributed by atoms with E-state index in [1.165, 1.54) is 0 Å². The molecule has 2 amide bonds. The third-order valence-corrected chi connectivity index (χ3v) is 5.13. The zero-order valence-electron chi connectivity index (χ0n) is 17.5. The van der Waals surface area contributed by atoms with Crippen molar-refractivity contribution < 1.29 is 9.59 Å². The number of aromatic nitrogens is 2. The maximum atomic E-state index is 12.2. The molecule has 0 saturated heterocycles. The van der Waals surface area contributed by atoms with Gasteiger partial charge < -0.3 is 20.4 Å². The van der Waals surface area contributed by atoms with Gasteiger partial charge in [-0.1, -0.05) is 30.3 Å². The SMILES string of the molecule is CN1CC(=O)N(C)c2cnc(Nc3ccc(NC(=O)CCc4ccccc4)cc3)nc21. The van der Waals surface area contributed by atoms with Gasteiger partial charge in [0, 0.05) is 31.9 Å². The summed E-state index contributed by atoms with van der Waals surface area (Å²) in [7, 11) is 3.55. The van der Waals surface area contributed by atoms with Crippen LogP contribution in [-0.2, 0) is 16.0 Å². The van der Waals surface area contributed by atoms with Crippen molar-refractivity contribution in [2.75, 3.05) is 41.1 Å². The lowest BCUT2D eigenvalue weighted by atomic mass is 10.1. The van der Waals surface area contributed by atoms with E-state index < -0.39 is 0 Å². The molecule has 0 bridgehead atoms. The van der Waals surface area contributed by atoms with Crippen LogP contribution < -0.4 is 20.4 Å². The Hall–Kier alpha value is -3.94. The van der Waals surface area contributed by atoms with Gasteiger partial charge in [-0.05, 0) is 36.2 Å². The van der Waals surface area contributed by atoms with Gasteiger partial charge in [0.1, 0.15) is 5.69 Å². The predicted octanol–water partition coefficient (Wildman–Crippen LogP) is 3.20. The average Bonchev–Trinajstić information content (AvgIpc) is 2.78. The number of hydrogen-bond acceptors (Lipinski definition) is 6. The number of nitrogens with zero attached hydrogens (tertiary/aromatic N) is 4. The van der Waals surface area contributed by atoms with Gasteiger partial charge in [-0.2, -0.15) is 4.98 Å². The Balaban J connectivity index is 1.36. The molecule has 0 saturated carbocycles. The average molecular weight is 416 g/mol. The second kappa shape index (κ2) is 8.83. The lowest BCUT2D eigenvalue weighted by Crippen LogP contribution is -2.42. The molecule has 0 aliphatic carbocycles. The number of anilines is 5. The molecule has 3 aromatic rings. The van der Waals surface area contributed by atoms with E-state index in [9.17, 15) is 9.59 Å². The molecule has 2 aromatic carbocycles. The summed E-state index contributed by atoms with van der Waals surface area (Å²) in [5.74, 6) is 1.11. The lowest BCUT2D eigenvalue weighted by molar-refractivity contribution is -0.117. The fraction of sp³-hybridized carbons (Fsp3) is 0.217. The van der Waals surface area contributed by atoms with E-state index in [1.54, 1.807) is 23.0 Å². The van der Waals surface area contributed by atoms with Crippen LogP contribution in [0.25, 0.3) is 0 Å². The van der Waals surface area contributed by atoms with Crippen LogP contribution in [0.15, 0.2) is 60.8 Å². The molecular weight excluding hydrogens is 392 g/mol. The molecule has 0 radical (unpaired) electrons. The molecule has 158 valence electrons. The number of carbonyl (C=O) groups excluding carboxylic acids is 2. The van der Waals surface area contributed by atoms with Crippen molar-refractivity contribution in [3.63, 3.8) is 0 Å². The second-order valence-electron chi connectivity index (χ2n) is 7.45. The highest BCUT2D eigenvalue weighted by molar-refractivity contribution is 6.01. The van der Waals surface area contributed by atoms with E-state index in [4.69, 9.17) is 0 Å². The van der Waals surface area contributed by atoms with Gasteiger partial charge in [0.15, 0.2) is 5.82 Å². The van der Waals surface area contributed by atoms with Crippen LogP contribution in [0.4, 0.5) is 28.8 Å². The summed E-state index contributed by atoms with van der Waals surface area (Å²) < 4.78 is 0. The monoisotopic (exact) mass is 416 g/mol. The molecule has 0 fully saturated rings. The smallest absolute Gasteiger partial charge is 0.246 e. The van der Waals surface area contributed by atoms with Gasteiger partial charge >= 0.3 is 0 Å². The molecule has 1 aliphatic heterocycles. The maximum Gasteiger partial charge on any atom is 0.246 e. The molecule has 1 aromatic heterocycles. The molecule has 0 spiro atoms. The molecule has 2 N–H and O–H groups in total. The first-order valence-electron chi connectivity index (χ1n) is 10.1. The number of carbonyl (C=O) groups is 2. The van der Waals surface area contributed by atoms with Gasteiger partial charge in [0.25, 0.3) is 0 Å². The Morgan fingerprint density at radius 2 is 1.74 bits per heavy atom. The van der Waals surface area contributed by atoms with Crippen molar-refractivity contribution in [3.05, 3.63) is 66.4 Å². The van der Waals surface area contributed by atoms with Crippen molar-refractivity contribution >= 4 is 40.6 Å². The number of hydrogen-bond donors (Lipinski definition) is 2. The quantitative estimate of drug-likeness (QED) is 0.641. The Labute approximate surface area is 180 Å². The number of nitrogens with one attached hydrogen (secondary N) is 2. The number of fused-ring (bicyclic) bond motifs is 1. The minimum atomic E-state index is -0.0238. The van der Waals surface area contributed by atoms with E-state index >= 15 is 0 Å². The minimum absolute atomic E-state index is 0.000661. The number of likely N-dealkylation sites (N-methyl/N-ethyl adjacent to an activating group) is 2. The number of rotatable bonds is 6. The van der Waals surface area contributed by atoms with E-state index in [1.807, 2.05) is 61.6 Å². The number of amides is 2. The van der Waals surface area contributed by atoms with Crippen LogP contribution in [0.3, 0.4) is 0 Å². The molecule has 31 heavy (non-hydrogen) atoms. The van der Waals surface area contributed by atoms with Crippen molar-refractivity contribution in [3.8, 4) is 0 Å². The number of benzene rings is 2. The second-order valence-corrected chi connectivity index (χ2v) is 7.45. The summed E-state index contributed by atoms with van der Waals surface area (Å²) >= 11 is 0. The zero-order valence-corrected chi connectivity index (χ0v) is 17.5. The summed E-state index contributed by atoms with van der Waals surface area (Å²) in [5, 5.41) is 6.08. The fourth-order valence-electron chi connectivity index (χ4n) is 3.35. The van der Waals surface area contributed by atoms with Gasteiger partial charge in [-0.3, -0.25) is 9.59 Å². The molecule has 4 rings (SSSR count). The fourth-order valence-corrected chi connectivity index (χ4v) is 3.35. The third-order valence-electron chi connectivity index (χ3n) is 5.13. The molecule has 0 unspecified atom stereocenters. The molecular formula is C23H24N6O2. The van der Waals surface area contributed by atoms with Gasteiger partial charge in [-0.15, -0.1) is 0 Å². The lowest BCUT2D eigenvalue weighted by Gasteiger charge is -2.31. The first-order valence-corrected chi connectivity index (χ1v) is 10.1. The Kier molecular flexibility index (Phi) is 5.79. The van der Waals surface area contributed by atoms with Crippen molar-refractivity contribution in [1.29, 1.82) is 0 Å². The van der Waals surface area contributed by atoms with Crippen molar-refractivity contribution in [1.82, 2.24) is 9.97 Å². The van der Waals surface area contributed by atoms with E-state index in [2.05, 4.69) is 20.6 Å². The van der Waals surface area contributed by atoms with Crippen LogP contribution in [0.2, 0.25) is 0 Å². The summed E-state index contributed by atoms with van der Waals surface area (Å²) in [5.41, 5.74) is 3.35. The topological polar surface area (TPSA) is 90.5 Å². The minimum Gasteiger partial charge on any atom is -0.348 e. The Morgan fingerprint density at radius 3 is 2.48 bits per heavy atom. The highest BCUT2D eigenvalue weighted by Crippen LogP contribution is 2.30. The summed E-state index contributed by atoms with van der Waals surface area (Å²) in [4.78, 5) is 36.4. The van der Waals surface area contributed by atoms with Crippen molar-refractivity contribution in [2.45, 2.75) is 12.8 Å². The molecule has 2 heterocycles. The van der Waals surface area contributed by atoms with E-state index in [-0.39, 0.29) is 18.4 Å². The van der Waals surface area contributed by atoms with Crippen LogP contribution >= 0.6 is 0 Å². The Bertz CT molecular complexity index is 1080. The third kappa shape index (κ3) is 4.80. The highest BCUT2D eigenvalue weighted by atomic mass is 16.2. The van der Waals surface area contributed by atoms with Crippen LogP contribution in [-0.4, -0.2) is 42.4 Å². The normalized spacial score (nSPS) is 13.0. The molecule has 8 nitrogen and oxygen atoms in total. The summed E-state index contributed by atoms with van der Waals surface area (Å²) in [6.45, 7) is 0.276. The highest BCUT2D eigenvalue weighted by Gasteiger charge is 2.26. The van der Waals surface area contributed by atoms with Crippen LogP contribution in [0, 0.1) is 0 Å². The standard InChI is InChI=1S/C23H24N6O2/c1-28-15-21(31)29(2)19-14-24-23(27-22(19)28)26-18-11-9-17(10-12-18)25-20(30)13-8-16-6-4-3-5-7-16/h3-7,9-12,14H,8,13,15H2,1-2H3,(H,25,30)(H,24,26,27). The van der Waals surface area contributed by atoms with Crippen LogP contribution in [0.5, 0.6) is 0 Å². The van der Waals surface area contributed by atoms with Crippen molar-refractivity contribution in [2.24, 2.45) is 0 Å². The molecule has 1 aliphatic rings. The molecule has 0 atom stereocenters. The van der Waals surface area contributed by atoms with E-state index in [0.29, 0.717) is 30.3 Å². The van der Waals surface area contributed by atoms with E-state index in [0.717, 1.165) is 16.9 Å². The summed E-state index contributed by atoms with van der Waals surface area (Å²) in [6, 6.07) is 17.3. The number of aryl methyl sites for hydroxylation is 1. The maximum absolute atomic E-state index is 12.2. The Morgan fingerprint density at radius 1 is 1.03 bits per heavy atom. The summed E-state index contributed by atoms with van der Waals surface area (Å²) in [6.07, 6.45) is 2.77. The molecule has 8 heteroatoms. The van der Waals surface area contributed by atoms with Gasteiger partial charge in [-0.25, -0.2) is 4.98 Å².